The van der Waals surface area contributed by atoms with Crippen molar-refractivity contribution in [2.45, 2.75) is 18.8 Å². The van der Waals surface area contributed by atoms with Gasteiger partial charge in [0.25, 0.3) is 0 Å². The van der Waals surface area contributed by atoms with Crippen LogP contribution in [0.5, 0.6) is 0 Å². The van der Waals surface area contributed by atoms with Gasteiger partial charge in [-0.25, -0.2) is 0 Å². The first-order chi connectivity index (χ1) is 6.83. The molecule has 1 atom stereocenters. The molecule has 1 unspecified atom stereocenters. The smallest absolute Gasteiger partial charge is 0.313 e. The fourth-order valence-corrected chi connectivity index (χ4v) is 1.64. The molecule has 0 amide bonds. The summed E-state index contributed by atoms with van der Waals surface area (Å²) in [6, 6.07) is 1.83. The van der Waals surface area contributed by atoms with Crippen LogP contribution in [-0.2, 0) is 9.53 Å². The van der Waals surface area contributed by atoms with Gasteiger partial charge in [-0.2, -0.15) is 10.2 Å². The lowest BCUT2D eigenvalue weighted by molar-refractivity contribution is -0.143. The van der Waals surface area contributed by atoms with Crippen molar-refractivity contribution in [2.24, 2.45) is 5.92 Å². The SMILES string of the molecule is COC(=O)C(c1ccnnc1)C1CC1. The summed E-state index contributed by atoms with van der Waals surface area (Å²) in [7, 11) is 1.42. The summed E-state index contributed by atoms with van der Waals surface area (Å²) in [5.41, 5.74) is 0.911. The highest BCUT2D eigenvalue weighted by Crippen LogP contribution is 2.42. The molecule has 1 heterocycles. The van der Waals surface area contributed by atoms with Crippen LogP contribution < -0.4 is 0 Å². The third kappa shape index (κ3) is 1.73. The second-order valence-corrected chi connectivity index (χ2v) is 3.51. The van der Waals surface area contributed by atoms with E-state index in [1.165, 1.54) is 7.11 Å². The Balaban J connectivity index is 2.22. The van der Waals surface area contributed by atoms with Crippen molar-refractivity contribution in [1.82, 2.24) is 10.2 Å². The van der Waals surface area contributed by atoms with E-state index in [2.05, 4.69) is 10.2 Å². The first-order valence-electron chi connectivity index (χ1n) is 4.67. The van der Waals surface area contributed by atoms with Crippen molar-refractivity contribution >= 4 is 5.97 Å². The van der Waals surface area contributed by atoms with E-state index in [0.29, 0.717) is 5.92 Å². The lowest BCUT2D eigenvalue weighted by Crippen LogP contribution is -2.16. The molecular formula is C10H12N2O2. The van der Waals surface area contributed by atoms with Gasteiger partial charge in [0.1, 0.15) is 0 Å². The van der Waals surface area contributed by atoms with Crippen LogP contribution in [0.15, 0.2) is 18.5 Å². The number of ether oxygens (including phenoxy) is 1. The van der Waals surface area contributed by atoms with Crippen LogP contribution in [0.1, 0.15) is 24.3 Å². The Morgan fingerprint density at radius 3 is 2.86 bits per heavy atom. The Kier molecular flexibility index (Phi) is 2.43. The number of methoxy groups -OCH3 is 1. The zero-order valence-electron chi connectivity index (χ0n) is 8.01. The molecule has 2 rings (SSSR count). The minimum absolute atomic E-state index is 0.143. The van der Waals surface area contributed by atoms with Gasteiger partial charge in [0.15, 0.2) is 0 Å². The van der Waals surface area contributed by atoms with Gasteiger partial charge in [0, 0.05) is 6.20 Å². The van der Waals surface area contributed by atoms with Gasteiger partial charge < -0.3 is 4.74 Å². The van der Waals surface area contributed by atoms with E-state index >= 15 is 0 Å². The fourth-order valence-electron chi connectivity index (χ4n) is 1.64. The highest BCUT2D eigenvalue weighted by molar-refractivity contribution is 5.78. The Labute approximate surface area is 82.3 Å². The van der Waals surface area contributed by atoms with Gasteiger partial charge in [0.2, 0.25) is 0 Å². The van der Waals surface area contributed by atoms with Gasteiger partial charge in [-0.3, -0.25) is 4.79 Å². The van der Waals surface area contributed by atoms with Crippen molar-refractivity contribution in [3.05, 3.63) is 24.0 Å². The van der Waals surface area contributed by atoms with Crippen LogP contribution in [0.3, 0.4) is 0 Å². The summed E-state index contributed by atoms with van der Waals surface area (Å²) >= 11 is 0. The van der Waals surface area contributed by atoms with Crippen molar-refractivity contribution in [3.8, 4) is 0 Å². The Morgan fingerprint density at radius 2 is 2.36 bits per heavy atom. The highest BCUT2D eigenvalue weighted by atomic mass is 16.5. The van der Waals surface area contributed by atoms with E-state index in [1.54, 1.807) is 12.4 Å². The molecular weight excluding hydrogens is 180 g/mol. The number of carbonyl (C=O) groups excluding carboxylic acids is 1. The average molecular weight is 192 g/mol. The molecule has 1 aliphatic carbocycles. The lowest BCUT2D eigenvalue weighted by atomic mass is 9.96. The predicted octanol–water partition coefficient (Wildman–Crippen LogP) is 1.14. The molecule has 0 radical (unpaired) electrons. The van der Waals surface area contributed by atoms with Gasteiger partial charge >= 0.3 is 5.97 Å². The Bertz CT molecular complexity index is 322. The van der Waals surface area contributed by atoms with Crippen LogP contribution in [0.25, 0.3) is 0 Å². The number of hydrogen-bond donors (Lipinski definition) is 0. The molecule has 1 aromatic rings. The molecule has 0 bridgehead atoms. The highest BCUT2D eigenvalue weighted by Gasteiger charge is 2.38. The second-order valence-electron chi connectivity index (χ2n) is 3.51. The summed E-state index contributed by atoms with van der Waals surface area (Å²) < 4.78 is 4.78. The number of esters is 1. The summed E-state index contributed by atoms with van der Waals surface area (Å²) in [5, 5.41) is 7.47. The summed E-state index contributed by atoms with van der Waals surface area (Å²) in [4.78, 5) is 11.5. The van der Waals surface area contributed by atoms with Gasteiger partial charge in [0.05, 0.1) is 19.2 Å². The molecule has 1 aromatic heterocycles. The maximum atomic E-state index is 11.5. The molecule has 0 aromatic carbocycles. The lowest BCUT2D eigenvalue weighted by Gasteiger charge is -2.12. The number of rotatable bonds is 3. The number of hydrogen-bond acceptors (Lipinski definition) is 4. The average Bonchev–Trinajstić information content (AvgIpc) is 3.04. The normalized spacial score (nSPS) is 17.5. The fraction of sp³-hybridized carbons (Fsp3) is 0.500. The summed E-state index contributed by atoms with van der Waals surface area (Å²) in [6.45, 7) is 0. The predicted molar refractivity (Wildman–Crippen MR) is 49.5 cm³/mol. The van der Waals surface area contributed by atoms with Crippen molar-refractivity contribution < 1.29 is 9.53 Å². The van der Waals surface area contributed by atoms with Gasteiger partial charge in [-0.05, 0) is 30.4 Å². The molecule has 14 heavy (non-hydrogen) atoms. The van der Waals surface area contributed by atoms with Crippen LogP contribution in [0.4, 0.5) is 0 Å². The van der Waals surface area contributed by atoms with Crippen LogP contribution in [0.2, 0.25) is 0 Å². The van der Waals surface area contributed by atoms with Gasteiger partial charge in [-0.1, -0.05) is 0 Å². The Hall–Kier alpha value is -1.45. The molecule has 0 spiro atoms. The van der Waals surface area contributed by atoms with Crippen LogP contribution in [-0.4, -0.2) is 23.3 Å². The molecule has 4 nitrogen and oxygen atoms in total. The summed E-state index contributed by atoms with van der Waals surface area (Å²) in [5.74, 6) is 0.127. The number of nitrogens with zero attached hydrogens (tertiary/aromatic N) is 2. The molecule has 0 N–H and O–H groups in total. The monoisotopic (exact) mass is 192 g/mol. The van der Waals surface area contributed by atoms with Crippen molar-refractivity contribution in [2.75, 3.05) is 7.11 Å². The first-order valence-corrected chi connectivity index (χ1v) is 4.67. The molecule has 1 fully saturated rings. The largest absolute Gasteiger partial charge is 0.469 e. The van der Waals surface area contributed by atoms with Gasteiger partial charge in [-0.15, -0.1) is 0 Å². The zero-order chi connectivity index (χ0) is 9.97. The van der Waals surface area contributed by atoms with E-state index < -0.39 is 0 Å². The molecule has 1 saturated carbocycles. The Morgan fingerprint density at radius 1 is 1.57 bits per heavy atom. The van der Waals surface area contributed by atoms with E-state index in [1.807, 2.05) is 6.07 Å². The third-order valence-corrected chi connectivity index (χ3v) is 2.51. The molecule has 1 aliphatic rings. The standard InChI is InChI=1S/C10H12N2O2/c1-14-10(13)9(7-2-3-7)8-4-5-11-12-6-8/h4-7,9H,2-3H2,1H3. The summed E-state index contributed by atoms with van der Waals surface area (Å²) in [6.07, 6.45) is 5.44. The van der Waals surface area contributed by atoms with E-state index in [4.69, 9.17) is 4.74 Å². The minimum atomic E-state index is -0.166. The number of carbonyl (C=O) groups is 1. The maximum Gasteiger partial charge on any atom is 0.313 e. The van der Waals surface area contributed by atoms with E-state index in [9.17, 15) is 4.79 Å². The van der Waals surface area contributed by atoms with Crippen molar-refractivity contribution in [1.29, 1.82) is 0 Å². The second kappa shape index (κ2) is 3.74. The van der Waals surface area contributed by atoms with E-state index in [0.717, 1.165) is 18.4 Å². The molecule has 4 heteroatoms. The van der Waals surface area contributed by atoms with E-state index in [-0.39, 0.29) is 11.9 Å². The zero-order valence-corrected chi connectivity index (χ0v) is 8.01. The third-order valence-electron chi connectivity index (χ3n) is 2.51. The van der Waals surface area contributed by atoms with Crippen molar-refractivity contribution in [3.63, 3.8) is 0 Å². The molecule has 0 aliphatic heterocycles. The van der Waals surface area contributed by atoms with Crippen LogP contribution >= 0.6 is 0 Å². The van der Waals surface area contributed by atoms with Crippen LogP contribution in [0, 0.1) is 5.92 Å². The molecule has 74 valence electrons. The number of aromatic nitrogens is 2. The first kappa shape index (κ1) is 9.12. The maximum absolute atomic E-state index is 11.5. The minimum Gasteiger partial charge on any atom is -0.469 e. The quantitative estimate of drug-likeness (QED) is 0.674. The topological polar surface area (TPSA) is 52.1 Å². The molecule has 0 saturated heterocycles.